The highest BCUT2D eigenvalue weighted by atomic mass is 79.9. The van der Waals surface area contributed by atoms with Crippen molar-refractivity contribution in [3.8, 4) is 0 Å². The molecule has 1 saturated heterocycles. The molecule has 0 saturated carbocycles. The smallest absolute Gasteiger partial charge is 0.0358 e. The Labute approximate surface area is 106 Å². The van der Waals surface area contributed by atoms with Gasteiger partial charge < -0.3 is 15.2 Å². The summed E-state index contributed by atoms with van der Waals surface area (Å²) in [4.78, 5) is 5.78. The molecule has 0 spiro atoms. The van der Waals surface area contributed by atoms with Crippen LogP contribution >= 0.6 is 15.9 Å². The molecule has 0 radical (unpaired) electrons. The number of H-pyrrole nitrogens is 1. The Hall–Kier alpha value is -0.320. The van der Waals surface area contributed by atoms with Gasteiger partial charge in [0.05, 0.1) is 0 Å². The molecule has 2 heterocycles. The third-order valence-corrected chi connectivity index (χ3v) is 3.53. The summed E-state index contributed by atoms with van der Waals surface area (Å²) in [7, 11) is 0. The zero-order chi connectivity index (χ0) is 11.2. The molecular weight excluding hydrogens is 266 g/mol. The zero-order valence-corrected chi connectivity index (χ0v) is 11.2. The quantitative estimate of drug-likeness (QED) is 0.814. The Balaban J connectivity index is 1.57. The van der Waals surface area contributed by atoms with E-state index in [1.807, 2.05) is 6.20 Å². The minimum absolute atomic E-state index is 0.930. The number of aromatic amines is 1. The minimum atomic E-state index is 0.930. The number of nitrogens with zero attached hydrogens (tertiary/aromatic N) is 1. The van der Waals surface area contributed by atoms with Crippen LogP contribution in [0.3, 0.4) is 0 Å². The van der Waals surface area contributed by atoms with Crippen molar-refractivity contribution in [2.45, 2.75) is 25.8 Å². The van der Waals surface area contributed by atoms with Crippen LogP contribution < -0.4 is 5.32 Å². The Morgan fingerprint density at radius 2 is 2.12 bits per heavy atom. The Kier molecular flexibility index (Phi) is 4.88. The summed E-state index contributed by atoms with van der Waals surface area (Å²) in [6.07, 6.45) is 6.15. The van der Waals surface area contributed by atoms with Crippen LogP contribution in [-0.2, 0) is 6.54 Å². The second-order valence-corrected chi connectivity index (χ2v) is 5.34. The molecule has 1 aliphatic rings. The van der Waals surface area contributed by atoms with Crippen molar-refractivity contribution < 1.29 is 0 Å². The van der Waals surface area contributed by atoms with Gasteiger partial charge in [-0.25, -0.2) is 0 Å². The number of rotatable bonds is 5. The third kappa shape index (κ3) is 3.92. The fraction of sp³-hybridized carbons (Fsp3) is 0.667. The summed E-state index contributed by atoms with van der Waals surface area (Å²) in [6, 6.07) is 2.12. The number of likely N-dealkylation sites (tertiary alicyclic amines) is 1. The molecule has 0 aliphatic carbocycles. The van der Waals surface area contributed by atoms with E-state index in [9.17, 15) is 0 Å². The molecule has 3 nitrogen and oxygen atoms in total. The lowest BCUT2D eigenvalue weighted by atomic mass is 10.1. The largest absolute Gasteiger partial charge is 0.363 e. The van der Waals surface area contributed by atoms with Crippen molar-refractivity contribution in [3.63, 3.8) is 0 Å². The van der Waals surface area contributed by atoms with Crippen LogP contribution in [0.1, 0.15) is 25.0 Å². The van der Waals surface area contributed by atoms with Crippen molar-refractivity contribution in [1.29, 1.82) is 0 Å². The molecule has 0 atom stereocenters. The molecule has 0 unspecified atom stereocenters. The van der Waals surface area contributed by atoms with Gasteiger partial charge in [0.15, 0.2) is 0 Å². The first-order chi connectivity index (χ1) is 7.84. The fourth-order valence-electron chi connectivity index (χ4n) is 2.16. The van der Waals surface area contributed by atoms with Gasteiger partial charge in [-0.2, -0.15) is 0 Å². The molecule has 0 amide bonds. The van der Waals surface area contributed by atoms with Crippen LogP contribution in [0.4, 0.5) is 0 Å². The maximum Gasteiger partial charge on any atom is 0.0358 e. The van der Waals surface area contributed by atoms with E-state index in [1.54, 1.807) is 0 Å². The molecule has 2 N–H and O–H groups in total. The maximum absolute atomic E-state index is 3.47. The Morgan fingerprint density at radius 3 is 2.81 bits per heavy atom. The van der Waals surface area contributed by atoms with Gasteiger partial charge in [-0.1, -0.05) is 6.42 Å². The first-order valence-corrected chi connectivity index (χ1v) is 6.90. The van der Waals surface area contributed by atoms with Gasteiger partial charge in [-0.3, -0.25) is 0 Å². The molecule has 1 fully saturated rings. The van der Waals surface area contributed by atoms with E-state index in [0.717, 1.165) is 17.6 Å². The topological polar surface area (TPSA) is 31.1 Å². The molecule has 4 heteroatoms. The van der Waals surface area contributed by atoms with Crippen LogP contribution in [0.5, 0.6) is 0 Å². The number of piperidine rings is 1. The molecule has 1 aromatic rings. The van der Waals surface area contributed by atoms with E-state index < -0.39 is 0 Å². The standard InChI is InChI=1S/C12H20BrN3/c13-11-8-12(15-9-11)10-14-4-7-16-5-2-1-3-6-16/h8-9,14-15H,1-7,10H2. The van der Waals surface area contributed by atoms with Crippen LogP contribution in [0, 0.1) is 0 Å². The molecule has 1 aromatic heterocycles. The van der Waals surface area contributed by atoms with E-state index in [4.69, 9.17) is 0 Å². The second-order valence-electron chi connectivity index (χ2n) is 4.42. The molecule has 0 aromatic carbocycles. The normalized spacial score (nSPS) is 17.8. The zero-order valence-electron chi connectivity index (χ0n) is 9.64. The number of nitrogens with one attached hydrogen (secondary N) is 2. The average molecular weight is 286 g/mol. The SMILES string of the molecule is Brc1c[nH]c(CNCCN2CCCCC2)c1. The van der Waals surface area contributed by atoms with Gasteiger partial charge in [-0.15, -0.1) is 0 Å². The minimum Gasteiger partial charge on any atom is -0.363 e. The van der Waals surface area contributed by atoms with E-state index in [2.05, 4.69) is 37.2 Å². The second kappa shape index (κ2) is 6.42. The van der Waals surface area contributed by atoms with E-state index in [1.165, 1.54) is 44.6 Å². The monoisotopic (exact) mass is 285 g/mol. The Bertz CT molecular complexity index is 305. The predicted octanol–water partition coefficient (Wildman–Crippen LogP) is 2.35. The van der Waals surface area contributed by atoms with Gasteiger partial charge in [0, 0.05) is 36.0 Å². The van der Waals surface area contributed by atoms with Gasteiger partial charge in [0.1, 0.15) is 0 Å². The number of aromatic nitrogens is 1. The van der Waals surface area contributed by atoms with Crippen LogP contribution in [0.15, 0.2) is 16.7 Å². The summed E-state index contributed by atoms with van der Waals surface area (Å²) >= 11 is 3.44. The van der Waals surface area contributed by atoms with Gasteiger partial charge in [-0.05, 0) is 47.9 Å². The highest BCUT2D eigenvalue weighted by molar-refractivity contribution is 9.10. The van der Waals surface area contributed by atoms with Gasteiger partial charge in [0.2, 0.25) is 0 Å². The first kappa shape index (κ1) is 12.1. The molecule has 90 valence electrons. The highest BCUT2D eigenvalue weighted by Crippen LogP contribution is 2.10. The van der Waals surface area contributed by atoms with Crippen LogP contribution in [-0.4, -0.2) is 36.1 Å². The lowest BCUT2D eigenvalue weighted by Gasteiger charge is -2.26. The van der Waals surface area contributed by atoms with E-state index in [-0.39, 0.29) is 0 Å². The summed E-state index contributed by atoms with van der Waals surface area (Å²) in [5, 5.41) is 3.47. The molecule has 0 bridgehead atoms. The van der Waals surface area contributed by atoms with Crippen molar-refractivity contribution in [2.75, 3.05) is 26.2 Å². The van der Waals surface area contributed by atoms with Gasteiger partial charge >= 0.3 is 0 Å². The molecule has 1 aliphatic heterocycles. The maximum atomic E-state index is 3.47. The van der Waals surface area contributed by atoms with Gasteiger partial charge in [0.25, 0.3) is 0 Å². The van der Waals surface area contributed by atoms with E-state index in [0.29, 0.717) is 0 Å². The molecule has 16 heavy (non-hydrogen) atoms. The average Bonchev–Trinajstić information content (AvgIpc) is 2.72. The summed E-state index contributed by atoms with van der Waals surface area (Å²) in [5.41, 5.74) is 1.24. The predicted molar refractivity (Wildman–Crippen MR) is 70.5 cm³/mol. The van der Waals surface area contributed by atoms with Crippen molar-refractivity contribution in [2.24, 2.45) is 0 Å². The highest BCUT2D eigenvalue weighted by Gasteiger charge is 2.08. The van der Waals surface area contributed by atoms with Crippen molar-refractivity contribution in [3.05, 3.63) is 22.4 Å². The molecule has 2 rings (SSSR count). The Morgan fingerprint density at radius 1 is 1.31 bits per heavy atom. The van der Waals surface area contributed by atoms with Crippen molar-refractivity contribution in [1.82, 2.24) is 15.2 Å². The summed E-state index contributed by atoms with van der Waals surface area (Å²) < 4.78 is 1.13. The summed E-state index contributed by atoms with van der Waals surface area (Å²) in [5.74, 6) is 0. The van der Waals surface area contributed by atoms with Crippen LogP contribution in [0.25, 0.3) is 0 Å². The number of hydrogen-bond acceptors (Lipinski definition) is 2. The third-order valence-electron chi connectivity index (χ3n) is 3.08. The van der Waals surface area contributed by atoms with Crippen molar-refractivity contribution >= 4 is 15.9 Å². The van der Waals surface area contributed by atoms with E-state index >= 15 is 0 Å². The molecular formula is C12H20BrN3. The van der Waals surface area contributed by atoms with Crippen LogP contribution in [0.2, 0.25) is 0 Å². The lowest BCUT2D eigenvalue weighted by Crippen LogP contribution is -2.35. The fourth-order valence-corrected chi connectivity index (χ4v) is 2.55. The summed E-state index contributed by atoms with van der Waals surface area (Å²) in [6.45, 7) is 5.77. The lowest BCUT2D eigenvalue weighted by molar-refractivity contribution is 0.229. The number of halogens is 1. The number of hydrogen-bond donors (Lipinski definition) is 2. The first-order valence-electron chi connectivity index (χ1n) is 6.10.